The molecule has 1 radical (unpaired) electrons. The first-order chi connectivity index (χ1) is 1.91. The third-order valence-electron chi connectivity index (χ3n) is 0.167. The summed E-state index contributed by atoms with van der Waals surface area (Å²) in [5.74, 6) is 0. The summed E-state index contributed by atoms with van der Waals surface area (Å²) in [5, 5.41) is 0. The minimum Gasteiger partial charge on any atom is -0.303 e. The summed E-state index contributed by atoms with van der Waals surface area (Å²) in [5.41, 5.74) is 0. The fraction of sp³-hybridized carbons (Fsp3) is 0.667. The third kappa shape index (κ3) is 12.9. The molecule has 0 aliphatic rings. The van der Waals surface area contributed by atoms with Gasteiger partial charge in [0.1, 0.15) is 6.29 Å². The summed E-state index contributed by atoms with van der Waals surface area (Å²) < 4.78 is 0. The maximum atomic E-state index is 9.17. The molecular formula is C3H6OTa. The number of carbonyl (C=O) groups is 1. The molecular weight excluding hydrogens is 233 g/mol. The summed E-state index contributed by atoms with van der Waals surface area (Å²) in [4.78, 5) is 9.17. The van der Waals surface area contributed by atoms with Crippen LogP contribution in [0, 0.1) is 0 Å². The summed E-state index contributed by atoms with van der Waals surface area (Å²) in [6.45, 7) is 1.81. The Kier molecular flexibility index (Phi) is 16.0. The van der Waals surface area contributed by atoms with E-state index in [1.54, 1.807) is 0 Å². The second-order valence-corrected chi connectivity index (χ2v) is 0.575. The van der Waals surface area contributed by atoms with Gasteiger partial charge in [0.15, 0.2) is 0 Å². The van der Waals surface area contributed by atoms with E-state index in [1.165, 1.54) is 0 Å². The molecule has 0 fully saturated rings. The van der Waals surface area contributed by atoms with E-state index in [2.05, 4.69) is 0 Å². The summed E-state index contributed by atoms with van der Waals surface area (Å²) >= 11 is 0. The Labute approximate surface area is 47.3 Å². The van der Waals surface area contributed by atoms with Gasteiger partial charge in [-0.15, -0.1) is 0 Å². The fourth-order valence-corrected chi connectivity index (χ4v) is 0. The van der Waals surface area contributed by atoms with Crippen LogP contribution in [0.15, 0.2) is 0 Å². The first-order valence-corrected chi connectivity index (χ1v) is 1.35. The Morgan fingerprint density at radius 3 is 2.00 bits per heavy atom. The standard InChI is InChI=1S/C3H6O.Ta/c1-2-3-4;/h3H,2H2,1H3;. The molecule has 0 amide bonds. The van der Waals surface area contributed by atoms with Gasteiger partial charge in [0, 0.05) is 28.8 Å². The van der Waals surface area contributed by atoms with E-state index in [4.69, 9.17) is 0 Å². The molecule has 0 atom stereocenters. The monoisotopic (exact) mass is 239 g/mol. The molecule has 0 saturated carbocycles. The van der Waals surface area contributed by atoms with Gasteiger partial charge in [0.25, 0.3) is 0 Å². The van der Waals surface area contributed by atoms with Crippen molar-refractivity contribution in [2.75, 3.05) is 0 Å². The largest absolute Gasteiger partial charge is 0.303 e. The topological polar surface area (TPSA) is 17.1 Å². The SMILES string of the molecule is CCC=O.[Ta]. The Morgan fingerprint density at radius 1 is 1.80 bits per heavy atom. The van der Waals surface area contributed by atoms with Gasteiger partial charge in [0.2, 0.25) is 0 Å². The first-order valence-electron chi connectivity index (χ1n) is 1.35. The molecule has 2 heteroatoms. The van der Waals surface area contributed by atoms with Crippen molar-refractivity contribution in [1.29, 1.82) is 0 Å². The molecule has 0 bridgehead atoms. The molecule has 0 heterocycles. The van der Waals surface area contributed by atoms with Crippen molar-refractivity contribution in [3.63, 3.8) is 0 Å². The van der Waals surface area contributed by atoms with E-state index in [9.17, 15) is 4.79 Å². The van der Waals surface area contributed by atoms with Crippen molar-refractivity contribution in [1.82, 2.24) is 0 Å². The molecule has 0 rings (SSSR count). The van der Waals surface area contributed by atoms with Crippen molar-refractivity contribution in [2.24, 2.45) is 0 Å². The van der Waals surface area contributed by atoms with Crippen molar-refractivity contribution in [3.8, 4) is 0 Å². The van der Waals surface area contributed by atoms with Gasteiger partial charge in [0.05, 0.1) is 0 Å². The van der Waals surface area contributed by atoms with Crippen LogP contribution >= 0.6 is 0 Å². The molecule has 1 nitrogen and oxygen atoms in total. The molecule has 0 aromatic carbocycles. The van der Waals surface area contributed by atoms with Gasteiger partial charge in [-0.3, -0.25) is 0 Å². The minimum absolute atomic E-state index is 0. The Morgan fingerprint density at radius 2 is 2.00 bits per heavy atom. The number of aldehydes is 1. The predicted molar refractivity (Wildman–Crippen MR) is 16.4 cm³/mol. The average molecular weight is 239 g/mol. The normalized spacial score (nSPS) is 5.00. The maximum Gasteiger partial charge on any atom is 0.119 e. The van der Waals surface area contributed by atoms with Gasteiger partial charge in [-0.1, -0.05) is 6.92 Å². The average Bonchev–Trinajstić information content (AvgIpc) is 1.37. The van der Waals surface area contributed by atoms with Crippen LogP contribution in [0.4, 0.5) is 0 Å². The van der Waals surface area contributed by atoms with Gasteiger partial charge in [-0.2, -0.15) is 0 Å². The van der Waals surface area contributed by atoms with Gasteiger partial charge >= 0.3 is 0 Å². The molecule has 0 aromatic rings. The quantitative estimate of drug-likeness (QED) is 0.612. The van der Waals surface area contributed by atoms with E-state index < -0.39 is 0 Å². The maximum absolute atomic E-state index is 9.17. The van der Waals surface area contributed by atoms with Gasteiger partial charge in [-0.05, 0) is 0 Å². The van der Waals surface area contributed by atoms with Gasteiger partial charge < -0.3 is 4.79 Å². The molecule has 0 saturated heterocycles. The van der Waals surface area contributed by atoms with Crippen molar-refractivity contribution in [3.05, 3.63) is 0 Å². The number of rotatable bonds is 1. The van der Waals surface area contributed by atoms with Crippen LogP contribution in [0.5, 0.6) is 0 Å². The summed E-state index contributed by atoms with van der Waals surface area (Å²) in [6, 6.07) is 0. The second-order valence-electron chi connectivity index (χ2n) is 0.575. The van der Waals surface area contributed by atoms with Crippen LogP contribution in [-0.4, -0.2) is 6.29 Å². The Balaban J connectivity index is 0. The minimum atomic E-state index is 0. The van der Waals surface area contributed by atoms with Crippen molar-refractivity contribution < 1.29 is 27.2 Å². The van der Waals surface area contributed by atoms with Crippen molar-refractivity contribution >= 4 is 6.29 Å². The molecule has 5 heavy (non-hydrogen) atoms. The fourth-order valence-electron chi connectivity index (χ4n) is 0. The van der Waals surface area contributed by atoms with E-state index in [-0.39, 0.29) is 22.4 Å². The van der Waals surface area contributed by atoms with Crippen molar-refractivity contribution in [2.45, 2.75) is 13.3 Å². The van der Waals surface area contributed by atoms with Crippen LogP contribution < -0.4 is 0 Å². The summed E-state index contributed by atoms with van der Waals surface area (Å²) in [6.07, 6.45) is 1.51. The number of carbonyl (C=O) groups excluding carboxylic acids is 1. The van der Waals surface area contributed by atoms with Crippen LogP contribution in [0.1, 0.15) is 13.3 Å². The zero-order valence-corrected chi connectivity index (χ0v) is 6.35. The molecule has 0 spiro atoms. The first kappa shape index (κ1) is 9.05. The van der Waals surface area contributed by atoms with Crippen LogP contribution in [-0.2, 0) is 27.2 Å². The smallest absolute Gasteiger partial charge is 0.119 e. The predicted octanol–water partition coefficient (Wildman–Crippen LogP) is 0.593. The van der Waals surface area contributed by atoms with Crippen LogP contribution in [0.3, 0.4) is 0 Å². The molecule has 0 unspecified atom stereocenters. The van der Waals surface area contributed by atoms with E-state index in [0.29, 0.717) is 6.42 Å². The number of hydrogen-bond acceptors (Lipinski definition) is 1. The molecule has 0 aliphatic carbocycles. The Bertz CT molecular complexity index is 20.9. The van der Waals surface area contributed by atoms with E-state index >= 15 is 0 Å². The zero-order valence-electron chi connectivity index (χ0n) is 3.14. The summed E-state index contributed by atoms with van der Waals surface area (Å²) in [7, 11) is 0. The number of hydrogen-bond donors (Lipinski definition) is 0. The molecule has 0 N–H and O–H groups in total. The zero-order chi connectivity index (χ0) is 3.41. The third-order valence-corrected chi connectivity index (χ3v) is 0.167. The van der Waals surface area contributed by atoms with E-state index in [0.717, 1.165) is 6.29 Å². The van der Waals surface area contributed by atoms with E-state index in [1.807, 2.05) is 6.92 Å². The van der Waals surface area contributed by atoms with Crippen LogP contribution in [0.25, 0.3) is 0 Å². The Hall–Kier alpha value is 0.410. The van der Waals surface area contributed by atoms with Gasteiger partial charge in [-0.25, -0.2) is 0 Å². The second kappa shape index (κ2) is 8.83. The molecule has 0 aliphatic heterocycles. The van der Waals surface area contributed by atoms with Crippen LogP contribution in [0.2, 0.25) is 0 Å². The molecule has 0 aromatic heterocycles. The molecule has 29 valence electrons.